The fraction of sp³-hybridized carbons (Fsp3) is 0.0769. The summed E-state index contributed by atoms with van der Waals surface area (Å²) in [6, 6.07) is 21.0. The number of aromatic nitrogens is 3. The Morgan fingerprint density at radius 1 is 1.06 bits per heavy atom. The number of aryl methyl sites for hydroxylation is 2. The largest absolute Gasteiger partial charge is 0.438 e. The zero-order chi connectivity index (χ0) is 22.9. The first-order chi connectivity index (χ1) is 16.0. The Morgan fingerprint density at radius 3 is 2.61 bits per heavy atom. The number of nitriles is 1. The summed E-state index contributed by atoms with van der Waals surface area (Å²) in [5, 5.41) is 10.4. The lowest BCUT2D eigenvalue weighted by molar-refractivity contribution is 0.461. The molecule has 0 saturated carbocycles. The molecule has 5 aromatic rings. The lowest BCUT2D eigenvalue weighted by atomic mass is 10.2. The number of fused-ring (bicyclic) bond motifs is 2. The number of nitrogens with zero attached hydrogens (tertiary/aromatic N) is 4. The van der Waals surface area contributed by atoms with Crippen LogP contribution in [0.4, 0.5) is 0 Å². The van der Waals surface area contributed by atoms with E-state index in [-0.39, 0.29) is 22.6 Å². The highest BCUT2D eigenvalue weighted by Crippen LogP contribution is 2.30. The molecule has 33 heavy (non-hydrogen) atoms. The standard InChI is InChI=1S/C26H18N4O2S/c1-16-9-11-19(12-10-16)32-24-20(26(31)30-13-5-6-17(2)23(30)29-24)14-18(15-27)25-28-21-7-3-4-8-22(21)33-25/h3-14H,1-2H3. The fourth-order valence-electron chi connectivity index (χ4n) is 3.48. The second kappa shape index (κ2) is 8.34. The third-order valence-corrected chi connectivity index (χ3v) is 6.29. The summed E-state index contributed by atoms with van der Waals surface area (Å²) >= 11 is 1.40. The molecule has 7 heteroatoms. The summed E-state index contributed by atoms with van der Waals surface area (Å²) < 4.78 is 8.49. The molecule has 0 fully saturated rings. The maximum absolute atomic E-state index is 13.5. The highest BCUT2D eigenvalue weighted by molar-refractivity contribution is 7.19. The van der Waals surface area contributed by atoms with Gasteiger partial charge in [0.05, 0.1) is 15.8 Å². The number of hydrogen-bond donors (Lipinski definition) is 0. The molecule has 160 valence electrons. The van der Waals surface area contributed by atoms with Crippen LogP contribution >= 0.6 is 11.3 Å². The lowest BCUT2D eigenvalue weighted by Gasteiger charge is -2.11. The summed E-state index contributed by atoms with van der Waals surface area (Å²) in [7, 11) is 0. The number of ether oxygens (including phenoxy) is 1. The minimum Gasteiger partial charge on any atom is -0.438 e. The Morgan fingerprint density at radius 2 is 1.85 bits per heavy atom. The van der Waals surface area contributed by atoms with Crippen molar-refractivity contribution in [3.63, 3.8) is 0 Å². The van der Waals surface area contributed by atoms with Gasteiger partial charge in [0.25, 0.3) is 5.56 Å². The summed E-state index contributed by atoms with van der Waals surface area (Å²) in [5.41, 5.74) is 3.38. The van der Waals surface area contributed by atoms with E-state index in [0.29, 0.717) is 16.4 Å². The summed E-state index contributed by atoms with van der Waals surface area (Å²) in [4.78, 5) is 22.7. The van der Waals surface area contributed by atoms with Gasteiger partial charge in [0, 0.05) is 6.20 Å². The van der Waals surface area contributed by atoms with Crippen LogP contribution < -0.4 is 10.3 Å². The molecular weight excluding hydrogens is 432 g/mol. The molecular formula is C26H18N4O2S. The Hall–Kier alpha value is -4.28. The molecule has 3 aromatic heterocycles. The van der Waals surface area contributed by atoms with Crippen molar-refractivity contribution in [3.05, 3.63) is 98.9 Å². The van der Waals surface area contributed by atoms with Crippen LogP contribution in [0.1, 0.15) is 21.7 Å². The van der Waals surface area contributed by atoms with Crippen LogP contribution in [0, 0.1) is 25.2 Å². The fourth-order valence-corrected chi connectivity index (χ4v) is 4.42. The minimum absolute atomic E-state index is 0.145. The van der Waals surface area contributed by atoms with E-state index >= 15 is 0 Å². The zero-order valence-corrected chi connectivity index (χ0v) is 18.8. The van der Waals surface area contributed by atoms with Gasteiger partial charge in [0.1, 0.15) is 28.0 Å². The van der Waals surface area contributed by atoms with Gasteiger partial charge in [-0.2, -0.15) is 10.2 Å². The molecule has 0 unspecified atom stereocenters. The molecule has 2 aromatic carbocycles. The summed E-state index contributed by atoms with van der Waals surface area (Å²) in [5.74, 6) is 0.700. The third kappa shape index (κ3) is 3.88. The van der Waals surface area contributed by atoms with Crippen molar-refractivity contribution in [1.29, 1.82) is 5.26 Å². The van der Waals surface area contributed by atoms with E-state index in [2.05, 4.69) is 16.0 Å². The predicted molar refractivity (Wildman–Crippen MR) is 131 cm³/mol. The topological polar surface area (TPSA) is 80.3 Å². The monoisotopic (exact) mass is 450 g/mol. The normalized spacial score (nSPS) is 11.6. The molecule has 0 saturated heterocycles. The summed E-state index contributed by atoms with van der Waals surface area (Å²) in [6.07, 6.45) is 3.18. The second-order valence-electron chi connectivity index (χ2n) is 7.59. The molecule has 5 rings (SSSR count). The van der Waals surface area contributed by atoms with Crippen LogP contribution in [0.25, 0.3) is 27.5 Å². The van der Waals surface area contributed by atoms with E-state index < -0.39 is 0 Å². The van der Waals surface area contributed by atoms with Crippen molar-refractivity contribution in [1.82, 2.24) is 14.4 Å². The highest BCUT2D eigenvalue weighted by atomic mass is 32.1. The molecule has 0 atom stereocenters. The zero-order valence-electron chi connectivity index (χ0n) is 17.9. The van der Waals surface area contributed by atoms with E-state index in [4.69, 9.17) is 4.74 Å². The quantitative estimate of drug-likeness (QED) is 0.324. The Labute approximate surface area is 193 Å². The number of para-hydroxylation sites is 1. The molecule has 0 spiro atoms. The van der Waals surface area contributed by atoms with Crippen molar-refractivity contribution < 1.29 is 4.74 Å². The first-order valence-electron chi connectivity index (χ1n) is 10.3. The van der Waals surface area contributed by atoms with Gasteiger partial charge in [-0.25, -0.2) is 4.98 Å². The van der Waals surface area contributed by atoms with E-state index in [1.165, 1.54) is 21.8 Å². The first kappa shape index (κ1) is 20.6. The van der Waals surface area contributed by atoms with Gasteiger partial charge in [0.15, 0.2) is 0 Å². The van der Waals surface area contributed by atoms with Crippen LogP contribution in [-0.2, 0) is 0 Å². The van der Waals surface area contributed by atoms with Gasteiger partial charge in [-0.15, -0.1) is 11.3 Å². The van der Waals surface area contributed by atoms with Crippen LogP contribution in [-0.4, -0.2) is 14.4 Å². The maximum atomic E-state index is 13.5. The Bertz CT molecular complexity index is 1610. The van der Waals surface area contributed by atoms with Crippen LogP contribution in [0.15, 0.2) is 71.7 Å². The highest BCUT2D eigenvalue weighted by Gasteiger charge is 2.17. The van der Waals surface area contributed by atoms with Gasteiger partial charge in [-0.3, -0.25) is 9.20 Å². The smallest absolute Gasteiger partial charge is 0.269 e. The second-order valence-corrected chi connectivity index (χ2v) is 8.62. The SMILES string of the molecule is Cc1ccc(Oc2nc3c(C)cccn3c(=O)c2C=C(C#N)c2nc3ccccc3s2)cc1. The first-order valence-corrected chi connectivity index (χ1v) is 11.1. The van der Waals surface area contributed by atoms with E-state index in [0.717, 1.165) is 21.3 Å². The molecule has 0 amide bonds. The van der Waals surface area contributed by atoms with E-state index in [9.17, 15) is 10.1 Å². The number of allylic oxidation sites excluding steroid dienone is 1. The van der Waals surface area contributed by atoms with Gasteiger partial charge in [-0.1, -0.05) is 35.9 Å². The van der Waals surface area contributed by atoms with Crippen LogP contribution in [0.3, 0.4) is 0 Å². The van der Waals surface area contributed by atoms with Gasteiger partial charge >= 0.3 is 0 Å². The van der Waals surface area contributed by atoms with Crippen molar-refractivity contribution in [2.75, 3.05) is 0 Å². The Kier molecular flexibility index (Phi) is 5.21. The number of hydrogen-bond acceptors (Lipinski definition) is 6. The molecule has 0 aliphatic carbocycles. The maximum Gasteiger partial charge on any atom is 0.269 e. The van der Waals surface area contributed by atoms with E-state index in [1.807, 2.05) is 68.4 Å². The average molecular weight is 451 g/mol. The predicted octanol–water partition coefficient (Wildman–Crippen LogP) is 5.78. The van der Waals surface area contributed by atoms with Crippen molar-refractivity contribution in [2.45, 2.75) is 13.8 Å². The van der Waals surface area contributed by atoms with E-state index in [1.54, 1.807) is 12.3 Å². The third-order valence-electron chi connectivity index (χ3n) is 5.22. The average Bonchev–Trinajstić information content (AvgIpc) is 3.25. The number of rotatable bonds is 4. The van der Waals surface area contributed by atoms with Gasteiger partial charge in [-0.05, 0) is 55.8 Å². The number of thiazole rings is 1. The molecule has 0 bridgehead atoms. The molecule has 0 radical (unpaired) electrons. The number of benzene rings is 2. The molecule has 3 heterocycles. The molecule has 6 nitrogen and oxygen atoms in total. The summed E-state index contributed by atoms with van der Waals surface area (Å²) in [6.45, 7) is 3.87. The lowest BCUT2D eigenvalue weighted by Crippen LogP contribution is -2.19. The van der Waals surface area contributed by atoms with Crippen molar-refractivity contribution in [3.8, 4) is 17.7 Å². The van der Waals surface area contributed by atoms with Gasteiger partial charge in [0.2, 0.25) is 5.88 Å². The molecule has 0 aliphatic rings. The molecule has 0 aliphatic heterocycles. The van der Waals surface area contributed by atoms with Crippen LogP contribution in [0.5, 0.6) is 11.6 Å². The minimum atomic E-state index is -0.320. The van der Waals surface area contributed by atoms with Crippen molar-refractivity contribution >= 4 is 38.8 Å². The Balaban J connectivity index is 1.72. The van der Waals surface area contributed by atoms with Gasteiger partial charge < -0.3 is 4.74 Å². The van der Waals surface area contributed by atoms with Crippen LogP contribution in [0.2, 0.25) is 0 Å². The van der Waals surface area contributed by atoms with Crippen molar-refractivity contribution in [2.24, 2.45) is 0 Å². The molecule has 0 N–H and O–H groups in total. The number of pyridine rings is 1.